The predicted octanol–water partition coefficient (Wildman–Crippen LogP) is 0.212. The van der Waals surface area contributed by atoms with E-state index in [1.54, 1.807) is 38.0 Å². The molecule has 1 N–H and O–H groups in total. The van der Waals surface area contributed by atoms with Crippen molar-refractivity contribution in [1.82, 2.24) is 9.80 Å². The summed E-state index contributed by atoms with van der Waals surface area (Å²) in [6, 6.07) is 0. The zero-order valence-corrected chi connectivity index (χ0v) is 9.45. The van der Waals surface area contributed by atoms with Gasteiger partial charge in [0.2, 0.25) is 5.96 Å². The first-order valence-corrected chi connectivity index (χ1v) is 5.16. The Balaban J connectivity index is 4.84. The van der Waals surface area contributed by atoms with Gasteiger partial charge >= 0.3 is 7.75 Å². The summed E-state index contributed by atoms with van der Waals surface area (Å²) in [7, 11) is 4.24. The maximum Gasteiger partial charge on any atom is 0.454 e. The van der Waals surface area contributed by atoms with Crippen LogP contribution in [0.25, 0.3) is 0 Å². The Kier molecular flexibility index (Phi) is 4.39. The fourth-order valence-electron chi connectivity index (χ4n) is 0.733. The van der Waals surface area contributed by atoms with Crippen LogP contribution < -0.4 is 0 Å². The Morgan fingerprint density at radius 2 is 1.69 bits per heavy atom. The molecule has 0 fully saturated rings. The van der Waals surface area contributed by atoms with E-state index < -0.39 is 7.75 Å². The van der Waals surface area contributed by atoms with E-state index in [-0.39, 0.29) is 0 Å². The summed E-state index contributed by atoms with van der Waals surface area (Å²) < 4.78 is 19.0. The van der Waals surface area contributed by atoms with Gasteiger partial charge in [-0.3, -0.25) is 4.52 Å². The first-order chi connectivity index (χ1) is 5.80. The summed E-state index contributed by atoms with van der Waals surface area (Å²) in [5.74, 6) is 0.382. The van der Waals surface area contributed by atoms with Crippen molar-refractivity contribution in [3.05, 3.63) is 0 Å². The molecule has 0 aromatic carbocycles. The SMILES string of the molecule is COP(=O)(O)N=C(N(C)C)N(C)C. The van der Waals surface area contributed by atoms with Crippen LogP contribution in [0.3, 0.4) is 0 Å². The molecule has 0 spiro atoms. The second-order valence-corrected chi connectivity index (χ2v) is 4.41. The van der Waals surface area contributed by atoms with Crippen LogP contribution in [-0.2, 0) is 9.09 Å². The van der Waals surface area contributed by atoms with Gasteiger partial charge in [0, 0.05) is 35.3 Å². The van der Waals surface area contributed by atoms with Crippen molar-refractivity contribution in [2.45, 2.75) is 0 Å². The van der Waals surface area contributed by atoms with Crippen molar-refractivity contribution in [3.8, 4) is 0 Å². The molecule has 0 aliphatic rings. The molecule has 0 radical (unpaired) electrons. The van der Waals surface area contributed by atoms with Crippen LogP contribution in [0, 0.1) is 0 Å². The highest BCUT2D eigenvalue weighted by molar-refractivity contribution is 7.51. The lowest BCUT2D eigenvalue weighted by Gasteiger charge is -2.22. The van der Waals surface area contributed by atoms with E-state index in [1.165, 1.54) is 0 Å². The van der Waals surface area contributed by atoms with Gasteiger partial charge in [-0.2, -0.15) is 0 Å². The molecule has 0 aromatic rings. The average Bonchev–Trinajstić information content (AvgIpc) is 1.99. The Morgan fingerprint density at radius 1 is 1.31 bits per heavy atom. The van der Waals surface area contributed by atoms with E-state index in [9.17, 15) is 4.57 Å². The Bertz CT molecular complexity index is 229. The first-order valence-electron chi connectivity index (χ1n) is 3.63. The number of nitrogens with zero attached hydrogens (tertiary/aromatic N) is 3. The molecule has 78 valence electrons. The lowest BCUT2D eigenvalue weighted by Crippen LogP contribution is -2.35. The van der Waals surface area contributed by atoms with Gasteiger partial charge in [0.05, 0.1) is 0 Å². The van der Waals surface area contributed by atoms with E-state index in [1.807, 2.05) is 0 Å². The Labute approximate surface area is 78.4 Å². The molecule has 0 aliphatic carbocycles. The van der Waals surface area contributed by atoms with Crippen molar-refractivity contribution < 1.29 is 14.0 Å². The normalized spacial score (nSPS) is 14.6. The van der Waals surface area contributed by atoms with Crippen LogP contribution >= 0.6 is 7.75 Å². The third-order valence-corrected chi connectivity index (χ3v) is 2.16. The van der Waals surface area contributed by atoms with Gasteiger partial charge in [0.1, 0.15) is 0 Å². The minimum atomic E-state index is -3.83. The number of hydrogen-bond donors (Lipinski definition) is 1. The smallest absolute Gasteiger partial charge is 0.349 e. The van der Waals surface area contributed by atoms with Gasteiger partial charge in [-0.1, -0.05) is 0 Å². The standard InChI is InChI=1S/C6H16N3O3P/c1-8(2)6(9(3)4)7-13(10,11)12-5/h1-5H3,(H,10,11). The van der Waals surface area contributed by atoms with E-state index in [0.29, 0.717) is 5.96 Å². The second-order valence-electron chi connectivity index (χ2n) is 2.86. The fraction of sp³-hybridized carbons (Fsp3) is 0.833. The molecule has 0 saturated heterocycles. The molecule has 0 saturated carbocycles. The third-order valence-electron chi connectivity index (χ3n) is 1.25. The highest BCUT2D eigenvalue weighted by Gasteiger charge is 2.18. The molecule has 0 bridgehead atoms. The molecule has 0 aromatic heterocycles. The Hall–Kier alpha value is -0.580. The largest absolute Gasteiger partial charge is 0.454 e. The van der Waals surface area contributed by atoms with E-state index in [4.69, 9.17) is 4.89 Å². The highest BCUT2D eigenvalue weighted by atomic mass is 31.2. The Morgan fingerprint density at radius 3 is 1.92 bits per heavy atom. The fourth-order valence-corrected chi connectivity index (χ4v) is 1.40. The summed E-state index contributed by atoms with van der Waals surface area (Å²) in [5.41, 5.74) is 0. The maximum atomic E-state index is 11.1. The van der Waals surface area contributed by atoms with Crippen molar-refractivity contribution in [1.29, 1.82) is 0 Å². The monoisotopic (exact) mass is 209 g/mol. The number of guanidine groups is 1. The molecule has 1 unspecified atom stereocenters. The van der Waals surface area contributed by atoms with Crippen LogP contribution in [0.4, 0.5) is 0 Å². The molecule has 0 rings (SSSR count). The average molecular weight is 209 g/mol. The highest BCUT2D eigenvalue weighted by Crippen LogP contribution is 2.42. The molecule has 6 nitrogen and oxygen atoms in total. The molecule has 7 heteroatoms. The van der Waals surface area contributed by atoms with Crippen molar-refractivity contribution >= 4 is 13.7 Å². The van der Waals surface area contributed by atoms with Gasteiger partial charge in [-0.05, 0) is 0 Å². The van der Waals surface area contributed by atoms with Crippen LogP contribution in [0.2, 0.25) is 0 Å². The summed E-state index contributed by atoms with van der Waals surface area (Å²) in [5, 5.41) is 0. The summed E-state index contributed by atoms with van der Waals surface area (Å²) in [6.45, 7) is 0. The first kappa shape index (κ1) is 12.4. The summed E-state index contributed by atoms with van der Waals surface area (Å²) in [4.78, 5) is 12.3. The molecule has 0 aliphatic heterocycles. The molecule has 13 heavy (non-hydrogen) atoms. The van der Waals surface area contributed by atoms with Gasteiger partial charge in [0.15, 0.2) is 0 Å². The molecular weight excluding hydrogens is 193 g/mol. The van der Waals surface area contributed by atoms with Crippen molar-refractivity contribution in [2.24, 2.45) is 4.76 Å². The van der Waals surface area contributed by atoms with Crippen LogP contribution in [0.1, 0.15) is 0 Å². The predicted molar refractivity (Wildman–Crippen MR) is 51.6 cm³/mol. The maximum absolute atomic E-state index is 11.1. The van der Waals surface area contributed by atoms with Gasteiger partial charge in [-0.25, -0.2) is 4.57 Å². The zero-order chi connectivity index (χ0) is 10.6. The van der Waals surface area contributed by atoms with Crippen molar-refractivity contribution in [2.75, 3.05) is 35.3 Å². The topological polar surface area (TPSA) is 65.4 Å². The van der Waals surface area contributed by atoms with Crippen LogP contribution in [-0.4, -0.2) is 56.0 Å². The van der Waals surface area contributed by atoms with Gasteiger partial charge in [0.25, 0.3) is 0 Å². The van der Waals surface area contributed by atoms with E-state index in [2.05, 4.69) is 9.29 Å². The van der Waals surface area contributed by atoms with Crippen molar-refractivity contribution in [3.63, 3.8) is 0 Å². The van der Waals surface area contributed by atoms with E-state index in [0.717, 1.165) is 7.11 Å². The summed E-state index contributed by atoms with van der Waals surface area (Å²) in [6.07, 6.45) is 0. The van der Waals surface area contributed by atoms with Crippen LogP contribution in [0.5, 0.6) is 0 Å². The van der Waals surface area contributed by atoms with E-state index >= 15 is 0 Å². The quantitative estimate of drug-likeness (QED) is 0.400. The molecular formula is C6H16N3O3P. The number of rotatable bonds is 2. The van der Waals surface area contributed by atoms with Crippen LogP contribution in [0.15, 0.2) is 4.76 Å². The molecule has 1 atom stereocenters. The lowest BCUT2D eigenvalue weighted by atomic mass is 10.7. The van der Waals surface area contributed by atoms with Gasteiger partial charge in [-0.15, -0.1) is 4.76 Å². The zero-order valence-electron chi connectivity index (χ0n) is 8.55. The van der Waals surface area contributed by atoms with Gasteiger partial charge < -0.3 is 14.7 Å². The third kappa shape index (κ3) is 4.26. The minimum absolute atomic E-state index is 0.382. The molecule has 0 heterocycles. The summed E-state index contributed by atoms with van der Waals surface area (Å²) >= 11 is 0. The second kappa shape index (κ2) is 4.60. The lowest BCUT2D eigenvalue weighted by molar-refractivity contribution is 0.315. The molecule has 0 amide bonds. The number of hydrogen-bond acceptors (Lipinski definition) is 2. The minimum Gasteiger partial charge on any atom is -0.349 e.